The van der Waals surface area contributed by atoms with E-state index in [4.69, 9.17) is 4.74 Å². The van der Waals surface area contributed by atoms with Gasteiger partial charge in [0.15, 0.2) is 16.7 Å². The number of halogens is 1. The van der Waals surface area contributed by atoms with Gasteiger partial charge in [-0.2, -0.15) is 0 Å². The number of nitrogens with zero attached hydrogens (tertiary/aromatic N) is 1. The Hall–Kier alpha value is -2.01. The average molecular weight is 302 g/mol. The monoisotopic (exact) mass is 302 g/mol. The van der Waals surface area contributed by atoms with Crippen LogP contribution in [0.5, 0.6) is 5.75 Å². The van der Waals surface area contributed by atoms with E-state index in [1.807, 2.05) is 18.2 Å². The van der Waals surface area contributed by atoms with Gasteiger partial charge in [-0.3, -0.25) is 4.99 Å². The predicted molar refractivity (Wildman–Crippen MR) is 85.7 cm³/mol. The van der Waals surface area contributed by atoms with Gasteiger partial charge in [0.25, 0.3) is 0 Å². The third-order valence-electron chi connectivity index (χ3n) is 3.24. The fourth-order valence-corrected chi connectivity index (χ4v) is 3.12. The second-order valence-electron chi connectivity index (χ2n) is 4.65. The molecular weight excluding hydrogens is 287 g/mol. The Balaban J connectivity index is 1.74. The molecular formula is C16H15FN2OS. The number of amidine groups is 1. The molecule has 0 radical (unpaired) electrons. The van der Waals surface area contributed by atoms with Crippen molar-refractivity contribution >= 4 is 22.6 Å². The quantitative estimate of drug-likeness (QED) is 0.927. The topological polar surface area (TPSA) is 33.6 Å². The lowest BCUT2D eigenvalue weighted by molar-refractivity contribution is 0.387. The van der Waals surface area contributed by atoms with Crippen LogP contribution in [0.3, 0.4) is 0 Å². The molecule has 0 aromatic heterocycles. The molecule has 0 bridgehead atoms. The van der Waals surface area contributed by atoms with Gasteiger partial charge >= 0.3 is 0 Å². The van der Waals surface area contributed by atoms with Gasteiger partial charge in [-0.25, -0.2) is 4.39 Å². The molecule has 0 spiro atoms. The number of rotatable bonds is 3. The van der Waals surface area contributed by atoms with Crippen LogP contribution in [-0.2, 0) is 0 Å². The molecule has 0 saturated heterocycles. The van der Waals surface area contributed by atoms with E-state index in [2.05, 4.69) is 22.4 Å². The second-order valence-corrected chi connectivity index (χ2v) is 5.65. The van der Waals surface area contributed by atoms with Gasteiger partial charge in [0, 0.05) is 17.5 Å². The third kappa shape index (κ3) is 3.19. The van der Waals surface area contributed by atoms with E-state index in [0.29, 0.717) is 0 Å². The summed E-state index contributed by atoms with van der Waals surface area (Å²) in [5.41, 5.74) is 1.98. The molecule has 1 aliphatic heterocycles. The van der Waals surface area contributed by atoms with Crippen LogP contribution in [-0.4, -0.2) is 18.0 Å². The van der Waals surface area contributed by atoms with E-state index in [9.17, 15) is 4.39 Å². The molecule has 1 heterocycles. The number of methoxy groups -OCH3 is 1. The van der Waals surface area contributed by atoms with Crippen molar-refractivity contribution in [1.29, 1.82) is 0 Å². The van der Waals surface area contributed by atoms with Crippen molar-refractivity contribution in [3.63, 3.8) is 0 Å². The van der Waals surface area contributed by atoms with Gasteiger partial charge < -0.3 is 10.1 Å². The normalized spacial score (nSPS) is 17.4. The lowest BCUT2D eigenvalue weighted by Gasteiger charge is -2.07. The average Bonchev–Trinajstić information content (AvgIpc) is 2.98. The van der Waals surface area contributed by atoms with Crippen molar-refractivity contribution in [3.05, 3.63) is 59.9 Å². The molecule has 2 aromatic rings. The van der Waals surface area contributed by atoms with Crippen molar-refractivity contribution in [2.75, 3.05) is 18.2 Å². The molecule has 2 aromatic carbocycles. The number of hydrogen-bond acceptors (Lipinski definition) is 4. The zero-order valence-corrected chi connectivity index (χ0v) is 12.4. The minimum absolute atomic E-state index is 0.168. The number of aliphatic imine (C=N–C) groups is 1. The summed E-state index contributed by atoms with van der Waals surface area (Å²) in [5.74, 6) is 0.763. The zero-order chi connectivity index (χ0) is 14.7. The molecule has 108 valence electrons. The molecule has 1 atom stereocenters. The van der Waals surface area contributed by atoms with Gasteiger partial charge in [-0.05, 0) is 17.7 Å². The Kier molecular flexibility index (Phi) is 4.10. The number of ether oxygens (including phenoxy) is 1. The molecule has 3 nitrogen and oxygen atoms in total. The van der Waals surface area contributed by atoms with E-state index in [-0.39, 0.29) is 17.6 Å². The summed E-state index contributed by atoms with van der Waals surface area (Å²) < 4.78 is 18.4. The van der Waals surface area contributed by atoms with Gasteiger partial charge in [0.2, 0.25) is 0 Å². The zero-order valence-electron chi connectivity index (χ0n) is 11.5. The summed E-state index contributed by atoms with van der Waals surface area (Å²) in [7, 11) is 1.45. The lowest BCUT2D eigenvalue weighted by atomic mass is 10.1. The van der Waals surface area contributed by atoms with Gasteiger partial charge in [0.1, 0.15) is 0 Å². The maximum Gasteiger partial charge on any atom is 0.165 e. The van der Waals surface area contributed by atoms with Crippen molar-refractivity contribution in [3.8, 4) is 5.75 Å². The Bertz CT molecular complexity index is 661. The highest BCUT2D eigenvalue weighted by Gasteiger charge is 2.20. The van der Waals surface area contributed by atoms with Crippen molar-refractivity contribution < 1.29 is 9.13 Å². The lowest BCUT2D eigenvalue weighted by Crippen LogP contribution is -2.05. The van der Waals surface area contributed by atoms with E-state index < -0.39 is 0 Å². The van der Waals surface area contributed by atoms with Gasteiger partial charge in [0.05, 0.1) is 13.2 Å². The Labute approximate surface area is 127 Å². The summed E-state index contributed by atoms with van der Waals surface area (Å²) in [5, 5.41) is 4.05. The first-order chi connectivity index (χ1) is 10.3. The van der Waals surface area contributed by atoms with Crippen LogP contribution in [0.15, 0.2) is 53.5 Å². The van der Waals surface area contributed by atoms with Crippen LogP contribution in [0, 0.1) is 5.82 Å². The highest BCUT2D eigenvalue weighted by molar-refractivity contribution is 8.14. The number of hydrogen-bond donors (Lipinski definition) is 1. The fourth-order valence-electron chi connectivity index (χ4n) is 2.15. The van der Waals surface area contributed by atoms with E-state index in [1.165, 1.54) is 18.7 Å². The second kappa shape index (κ2) is 6.18. The molecule has 1 unspecified atom stereocenters. The minimum atomic E-state index is -0.369. The molecule has 1 aliphatic rings. The summed E-state index contributed by atoms with van der Waals surface area (Å²) in [6.07, 6.45) is 0. The van der Waals surface area contributed by atoms with Crippen LogP contribution >= 0.6 is 11.8 Å². The Morgan fingerprint density at radius 2 is 2.05 bits per heavy atom. The van der Waals surface area contributed by atoms with Crippen LogP contribution in [0.2, 0.25) is 0 Å². The minimum Gasteiger partial charge on any atom is -0.494 e. The van der Waals surface area contributed by atoms with E-state index in [0.717, 1.165) is 16.6 Å². The smallest absolute Gasteiger partial charge is 0.165 e. The maximum absolute atomic E-state index is 13.4. The van der Waals surface area contributed by atoms with Gasteiger partial charge in [-0.15, -0.1) is 0 Å². The third-order valence-corrected chi connectivity index (χ3v) is 4.20. The van der Waals surface area contributed by atoms with E-state index in [1.54, 1.807) is 23.9 Å². The largest absolute Gasteiger partial charge is 0.494 e. The Morgan fingerprint density at radius 3 is 2.81 bits per heavy atom. The van der Waals surface area contributed by atoms with Crippen LogP contribution in [0.4, 0.5) is 10.1 Å². The van der Waals surface area contributed by atoms with Crippen LogP contribution in [0.25, 0.3) is 0 Å². The molecule has 1 N–H and O–H groups in total. The molecule has 5 heteroatoms. The first-order valence-electron chi connectivity index (χ1n) is 6.62. The highest BCUT2D eigenvalue weighted by Crippen LogP contribution is 2.31. The van der Waals surface area contributed by atoms with Crippen LogP contribution in [0.1, 0.15) is 11.6 Å². The first-order valence-corrected chi connectivity index (χ1v) is 7.61. The van der Waals surface area contributed by atoms with Crippen LogP contribution < -0.4 is 10.1 Å². The maximum atomic E-state index is 13.4. The molecule has 0 fully saturated rings. The molecule has 0 saturated carbocycles. The molecule has 0 aliphatic carbocycles. The van der Waals surface area contributed by atoms with Crippen molar-refractivity contribution in [2.45, 2.75) is 6.04 Å². The first kappa shape index (κ1) is 13.9. The number of thioether (sulfide) groups is 1. The summed E-state index contributed by atoms with van der Waals surface area (Å²) in [6, 6.07) is 15.1. The van der Waals surface area contributed by atoms with Crippen molar-refractivity contribution in [2.24, 2.45) is 4.99 Å². The molecule has 0 amide bonds. The summed E-state index contributed by atoms with van der Waals surface area (Å²) in [6.45, 7) is 0. The predicted octanol–water partition coefficient (Wildman–Crippen LogP) is 4.09. The number of benzene rings is 2. The van der Waals surface area contributed by atoms with Gasteiger partial charge in [-0.1, -0.05) is 42.1 Å². The molecule has 3 rings (SSSR count). The van der Waals surface area contributed by atoms with E-state index >= 15 is 0 Å². The molecule has 21 heavy (non-hydrogen) atoms. The number of anilines is 1. The number of nitrogens with one attached hydrogen (secondary N) is 1. The Morgan fingerprint density at radius 1 is 1.24 bits per heavy atom. The highest BCUT2D eigenvalue weighted by atomic mass is 32.2. The summed E-state index contributed by atoms with van der Waals surface area (Å²) >= 11 is 1.66. The summed E-state index contributed by atoms with van der Waals surface area (Å²) in [4.78, 5) is 4.67. The SMILES string of the molecule is COc1cc(NC2=NC(c3ccccc3)CS2)ccc1F. The van der Waals surface area contributed by atoms with Crippen molar-refractivity contribution in [1.82, 2.24) is 0 Å². The fraction of sp³-hybridized carbons (Fsp3) is 0.188. The standard InChI is InChI=1S/C16H15FN2OS/c1-20-15-9-12(7-8-13(15)17)18-16-19-14(10-21-16)11-5-3-2-4-6-11/h2-9,14H,10H2,1H3,(H,18,19).